The maximum absolute atomic E-state index is 11.8. The number of pyridine rings is 2. The lowest BCUT2D eigenvalue weighted by Crippen LogP contribution is -2.13. The lowest BCUT2D eigenvalue weighted by Gasteiger charge is -2.08. The monoisotopic (exact) mass is 437 g/mol. The molecule has 5 rings (SSSR count). The van der Waals surface area contributed by atoms with Crippen LogP contribution in [0.5, 0.6) is 5.75 Å². The maximum Gasteiger partial charge on any atom is 0.267 e. The number of hydrogen-bond acceptors (Lipinski definition) is 6. The number of hydrogen-bond donors (Lipinski definition) is 1. The first-order valence-electron chi connectivity index (χ1n) is 10.5. The maximum atomic E-state index is 11.8. The summed E-state index contributed by atoms with van der Waals surface area (Å²) in [5.41, 5.74) is 8.68. The molecule has 0 bridgehead atoms. The summed E-state index contributed by atoms with van der Waals surface area (Å²) in [5, 5.41) is 4.47. The number of nitrogens with two attached hydrogens (primary N) is 1. The number of amides is 1. The van der Waals surface area contributed by atoms with Crippen molar-refractivity contribution in [3.05, 3.63) is 77.9 Å². The van der Waals surface area contributed by atoms with Crippen LogP contribution in [-0.2, 0) is 11.4 Å². The Bertz CT molecular complexity index is 1410. The molecule has 0 radical (unpaired) electrons. The van der Waals surface area contributed by atoms with Crippen molar-refractivity contribution in [3.8, 4) is 28.8 Å². The van der Waals surface area contributed by atoms with Crippen LogP contribution < -0.4 is 10.5 Å². The standard InChI is InChI=1S/C25H19N5O3/c26-25(32)20-11-4-16(14-27-20)15-33-19-9-7-17(8-10-19)21-2-1-3-24-28-23(29-30(21)24)13-12-22(31)18-5-6-18/h1-4,7-11,14,18H,5-6,15H2,(H2,26,32). The van der Waals surface area contributed by atoms with E-state index in [0.717, 1.165) is 29.7 Å². The van der Waals surface area contributed by atoms with Crippen LogP contribution in [0.3, 0.4) is 0 Å². The number of fused-ring (bicyclic) bond motifs is 1. The Morgan fingerprint density at radius 1 is 1.09 bits per heavy atom. The van der Waals surface area contributed by atoms with Gasteiger partial charge in [-0.05, 0) is 67.1 Å². The van der Waals surface area contributed by atoms with Gasteiger partial charge in [-0.15, -0.1) is 5.10 Å². The number of ether oxygens (including phenoxy) is 1. The second-order valence-electron chi connectivity index (χ2n) is 7.73. The van der Waals surface area contributed by atoms with E-state index in [2.05, 4.69) is 26.9 Å². The first-order valence-corrected chi connectivity index (χ1v) is 10.5. The predicted molar refractivity (Wildman–Crippen MR) is 120 cm³/mol. The number of rotatable bonds is 6. The zero-order chi connectivity index (χ0) is 22.8. The van der Waals surface area contributed by atoms with Gasteiger partial charge in [0.15, 0.2) is 5.65 Å². The summed E-state index contributed by atoms with van der Waals surface area (Å²) in [4.78, 5) is 31.4. The van der Waals surface area contributed by atoms with Gasteiger partial charge < -0.3 is 10.5 Å². The zero-order valence-electron chi connectivity index (χ0n) is 17.6. The van der Waals surface area contributed by atoms with Crippen LogP contribution in [0, 0.1) is 17.8 Å². The summed E-state index contributed by atoms with van der Waals surface area (Å²) in [5.74, 6) is 5.95. The molecule has 1 fully saturated rings. The van der Waals surface area contributed by atoms with Crippen LogP contribution in [0.2, 0.25) is 0 Å². The quantitative estimate of drug-likeness (QED) is 0.464. The van der Waals surface area contributed by atoms with Gasteiger partial charge in [-0.1, -0.05) is 12.1 Å². The smallest absolute Gasteiger partial charge is 0.267 e. The van der Waals surface area contributed by atoms with Crippen molar-refractivity contribution >= 4 is 17.3 Å². The molecule has 0 unspecified atom stereocenters. The second kappa shape index (κ2) is 8.55. The third-order valence-electron chi connectivity index (χ3n) is 5.24. The molecule has 1 aromatic carbocycles. The largest absolute Gasteiger partial charge is 0.489 e. The Morgan fingerprint density at radius 3 is 2.61 bits per heavy atom. The van der Waals surface area contributed by atoms with Crippen molar-refractivity contribution in [1.82, 2.24) is 19.6 Å². The van der Waals surface area contributed by atoms with E-state index >= 15 is 0 Å². The molecular weight excluding hydrogens is 418 g/mol. The van der Waals surface area contributed by atoms with E-state index in [4.69, 9.17) is 10.5 Å². The van der Waals surface area contributed by atoms with Crippen molar-refractivity contribution in [3.63, 3.8) is 0 Å². The normalized spacial score (nSPS) is 12.7. The molecule has 3 heterocycles. The van der Waals surface area contributed by atoms with Gasteiger partial charge in [0.2, 0.25) is 11.6 Å². The van der Waals surface area contributed by atoms with E-state index in [1.807, 2.05) is 42.5 Å². The molecule has 0 aliphatic heterocycles. The minimum Gasteiger partial charge on any atom is -0.489 e. The number of benzene rings is 1. The summed E-state index contributed by atoms with van der Waals surface area (Å²) >= 11 is 0. The highest BCUT2D eigenvalue weighted by atomic mass is 16.5. The summed E-state index contributed by atoms with van der Waals surface area (Å²) in [7, 11) is 0. The fourth-order valence-electron chi connectivity index (χ4n) is 3.29. The van der Waals surface area contributed by atoms with Crippen LogP contribution in [0.15, 0.2) is 60.8 Å². The molecule has 162 valence electrons. The number of carbonyl (C=O) groups is 2. The Kier molecular flexibility index (Phi) is 5.29. The summed E-state index contributed by atoms with van der Waals surface area (Å²) in [6.45, 7) is 0.311. The second-order valence-corrected chi connectivity index (χ2v) is 7.73. The fraction of sp³-hybridized carbons (Fsp3) is 0.160. The van der Waals surface area contributed by atoms with Gasteiger partial charge in [-0.3, -0.25) is 14.6 Å². The molecule has 1 aliphatic rings. The SMILES string of the molecule is NC(=O)c1ccc(COc2ccc(-c3cccc4nc(C#CC(=O)C5CC5)nn34)cc2)cn1. The topological polar surface area (TPSA) is 112 Å². The van der Waals surface area contributed by atoms with Gasteiger partial charge >= 0.3 is 0 Å². The highest BCUT2D eigenvalue weighted by Crippen LogP contribution is 2.29. The number of Topliss-reactive ketones (excluding diaryl/α,β-unsaturated/α-hetero) is 1. The van der Waals surface area contributed by atoms with Gasteiger partial charge in [-0.25, -0.2) is 4.52 Å². The molecule has 3 aromatic heterocycles. The van der Waals surface area contributed by atoms with Crippen LogP contribution >= 0.6 is 0 Å². The number of nitrogens with zero attached hydrogens (tertiary/aromatic N) is 4. The minimum absolute atomic E-state index is 0.0377. The number of ketones is 1. The Labute approximate surface area is 189 Å². The number of aromatic nitrogens is 4. The molecular formula is C25H19N5O3. The Balaban J connectivity index is 1.31. The molecule has 33 heavy (non-hydrogen) atoms. The summed E-state index contributed by atoms with van der Waals surface area (Å²) in [6, 6.07) is 16.6. The molecule has 4 aromatic rings. The van der Waals surface area contributed by atoms with E-state index in [1.54, 1.807) is 22.8 Å². The third-order valence-corrected chi connectivity index (χ3v) is 5.24. The molecule has 0 spiro atoms. The molecule has 2 N–H and O–H groups in total. The summed E-state index contributed by atoms with van der Waals surface area (Å²) in [6.07, 6.45) is 3.42. The summed E-state index contributed by atoms with van der Waals surface area (Å²) < 4.78 is 7.53. The highest BCUT2D eigenvalue weighted by molar-refractivity contribution is 5.99. The van der Waals surface area contributed by atoms with Crippen LogP contribution in [-0.4, -0.2) is 31.3 Å². The molecule has 1 saturated carbocycles. The molecule has 0 saturated heterocycles. The number of primary amides is 1. The van der Waals surface area contributed by atoms with Crippen molar-refractivity contribution in [2.24, 2.45) is 11.7 Å². The van der Waals surface area contributed by atoms with Gasteiger partial charge in [-0.2, -0.15) is 4.98 Å². The van der Waals surface area contributed by atoms with Gasteiger partial charge in [0.1, 0.15) is 18.1 Å². The third kappa shape index (κ3) is 4.57. The van der Waals surface area contributed by atoms with Crippen molar-refractivity contribution < 1.29 is 14.3 Å². The first-order chi connectivity index (χ1) is 16.1. The van der Waals surface area contributed by atoms with E-state index in [1.165, 1.54) is 0 Å². The molecule has 8 nitrogen and oxygen atoms in total. The lowest BCUT2D eigenvalue weighted by molar-refractivity contribution is -0.114. The van der Waals surface area contributed by atoms with Gasteiger partial charge in [0.25, 0.3) is 5.91 Å². The fourth-order valence-corrected chi connectivity index (χ4v) is 3.29. The average Bonchev–Trinajstić information content (AvgIpc) is 3.60. The van der Waals surface area contributed by atoms with Crippen LogP contribution in [0.1, 0.15) is 34.7 Å². The first kappa shape index (κ1) is 20.4. The van der Waals surface area contributed by atoms with E-state index in [0.29, 0.717) is 23.8 Å². The van der Waals surface area contributed by atoms with E-state index in [9.17, 15) is 9.59 Å². The molecule has 8 heteroatoms. The van der Waals surface area contributed by atoms with Crippen LogP contribution in [0.25, 0.3) is 16.9 Å². The molecule has 1 aliphatic carbocycles. The highest BCUT2D eigenvalue weighted by Gasteiger charge is 2.28. The predicted octanol–water partition coefficient (Wildman–Crippen LogP) is 2.80. The van der Waals surface area contributed by atoms with Crippen molar-refractivity contribution in [1.29, 1.82) is 0 Å². The molecule has 1 amide bonds. The Hall–Kier alpha value is -4.51. The van der Waals surface area contributed by atoms with Crippen molar-refractivity contribution in [2.75, 3.05) is 0 Å². The average molecular weight is 437 g/mol. The van der Waals surface area contributed by atoms with E-state index in [-0.39, 0.29) is 17.4 Å². The van der Waals surface area contributed by atoms with E-state index < -0.39 is 5.91 Å². The minimum atomic E-state index is -0.564. The van der Waals surface area contributed by atoms with Gasteiger partial charge in [0, 0.05) is 23.2 Å². The lowest BCUT2D eigenvalue weighted by atomic mass is 10.1. The van der Waals surface area contributed by atoms with Gasteiger partial charge in [0.05, 0.1) is 5.69 Å². The van der Waals surface area contributed by atoms with Crippen molar-refractivity contribution in [2.45, 2.75) is 19.4 Å². The number of carbonyl (C=O) groups excluding carboxylic acids is 2. The van der Waals surface area contributed by atoms with Crippen LogP contribution in [0.4, 0.5) is 0 Å². The Morgan fingerprint density at radius 2 is 1.91 bits per heavy atom. The molecule has 0 atom stereocenters. The zero-order valence-corrected chi connectivity index (χ0v) is 17.6.